The summed E-state index contributed by atoms with van der Waals surface area (Å²) in [5.41, 5.74) is 1.01. The summed E-state index contributed by atoms with van der Waals surface area (Å²) in [6.07, 6.45) is 0. The third-order valence-electron chi connectivity index (χ3n) is 4.23. The number of thiophene rings is 1. The van der Waals surface area contributed by atoms with E-state index in [1.165, 1.54) is 15.8 Å². The number of piperazine rings is 1. The molecule has 122 valence electrons. The number of aryl methyl sites for hydroxylation is 1. The Labute approximate surface area is 147 Å². The van der Waals surface area contributed by atoms with Gasteiger partial charge in [-0.3, -0.25) is 4.79 Å². The number of rotatable bonds is 3. The van der Waals surface area contributed by atoms with Crippen LogP contribution in [-0.2, 0) is 6.54 Å². The van der Waals surface area contributed by atoms with Gasteiger partial charge < -0.3 is 9.80 Å². The molecule has 2 aromatic rings. The molecule has 0 radical (unpaired) electrons. The van der Waals surface area contributed by atoms with Crippen LogP contribution in [0.15, 0.2) is 34.1 Å². The highest BCUT2D eigenvalue weighted by Gasteiger charge is 2.25. The number of hydrogen-bond donors (Lipinski definition) is 1. The Morgan fingerprint density at radius 2 is 2.04 bits per heavy atom. The van der Waals surface area contributed by atoms with Gasteiger partial charge in [-0.25, -0.2) is 4.39 Å². The van der Waals surface area contributed by atoms with Crippen LogP contribution in [0.5, 0.6) is 0 Å². The average molecular weight is 398 g/mol. The van der Waals surface area contributed by atoms with E-state index >= 15 is 0 Å². The summed E-state index contributed by atoms with van der Waals surface area (Å²) in [4.78, 5) is 17.1. The lowest BCUT2D eigenvalue weighted by Gasteiger charge is -2.32. The molecule has 1 amide bonds. The Kier molecular flexibility index (Phi) is 5.14. The summed E-state index contributed by atoms with van der Waals surface area (Å²) in [5.74, 6) is -0.384. The van der Waals surface area contributed by atoms with Crippen molar-refractivity contribution in [1.82, 2.24) is 4.90 Å². The van der Waals surface area contributed by atoms with Crippen molar-refractivity contribution in [2.75, 3.05) is 26.2 Å². The van der Waals surface area contributed by atoms with Gasteiger partial charge in [0.25, 0.3) is 5.91 Å². The molecule has 1 aliphatic heterocycles. The van der Waals surface area contributed by atoms with Crippen molar-refractivity contribution in [2.45, 2.75) is 13.5 Å². The fourth-order valence-corrected chi connectivity index (χ4v) is 4.36. The number of halogens is 2. The van der Waals surface area contributed by atoms with Gasteiger partial charge in [0.1, 0.15) is 12.4 Å². The number of nitrogens with zero attached hydrogens (tertiary/aromatic N) is 1. The van der Waals surface area contributed by atoms with Gasteiger partial charge >= 0.3 is 0 Å². The molecule has 0 atom stereocenters. The standard InChI is InChI=1S/C17H18BrFN2OS/c1-12-2-3-13(10-15(12)19)17(22)21-8-6-20(7-9-21)11-14-4-5-16(18)23-14/h2-5,10H,6-9,11H2,1H3/p+1. The van der Waals surface area contributed by atoms with Crippen molar-refractivity contribution in [2.24, 2.45) is 0 Å². The van der Waals surface area contributed by atoms with Crippen molar-refractivity contribution >= 4 is 33.2 Å². The van der Waals surface area contributed by atoms with Crippen molar-refractivity contribution in [3.05, 3.63) is 55.9 Å². The van der Waals surface area contributed by atoms with E-state index in [9.17, 15) is 9.18 Å². The van der Waals surface area contributed by atoms with Crippen LogP contribution in [0.1, 0.15) is 20.8 Å². The summed E-state index contributed by atoms with van der Waals surface area (Å²) < 4.78 is 14.8. The van der Waals surface area contributed by atoms with Crippen LogP contribution in [0.4, 0.5) is 4.39 Å². The van der Waals surface area contributed by atoms with Crippen molar-refractivity contribution < 1.29 is 14.1 Å². The zero-order chi connectivity index (χ0) is 16.4. The first-order valence-electron chi connectivity index (χ1n) is 7.66. The molecule has 0 bridgehead atoms. The molecule has 0 aliphatic carbocycles. The second kappa shape index (κ2) is 7.11. The van der Waals surface area contributed by atoms with Gasteiger partial charge in [-0.05, 0) is 52.7 Å². The minimum Gasteiger partial charge on any atom is -0.328 e. The summed E-state index contributed by atoms with van der Waals surface area (Å²) in [7, 11) is 0. The summed E-state index contributed by atoms with van der Waals surface area (Å²) >= 11 is 5.25. The molecule has 1 N–H and O–H groups in total. The SMILES string of the molecule is Cc1ccc(C(=O)N2CC[NH+](Cc3ccc(Br)s3)CC2)cc1F. The van der Waals surface area contributed by atoms with Gasteiger partial charge in [-0.15, -0.1) is 11.3 Å². The number of carbonyl (C=O) groups is 1. The van der Waals surface area contributed by atoms with Crippen molar-refractivity contribution in [3.8, 4) is 0 Å². The van der Waals surface area contributed by atoms with Crippen LogP contribution in [0, 0.1) is 12.7 Å². The lowest BCUT2D eigenvalue weighted by atomic mass is 10.1. The van der Waals surface area contributed by atoms with Gasteiger partial charge in [0.2, 0.25) is 0 Å². The molecule has 1 fully saturated rings. The fraction of sp³-hybridized carbons (Fsp3) is 0.353. The smallest absolute Gasteiger partial charge is 0.254 e. The largest absolute Gasteiger partial charge is 0.328 e. The van der Waals surface area contributed by atoms with Crippen LogP contribution in [0.3, 0.4) is 0 Å². The molecule has 3 rings (SSSR count). The van der Waals surface area contributed by atoms with Gasteiger partial charge in [-0.2, -0.15) is 0 Å². The van der Waals surface area contributed by atoms with E-state index in [1.54, 1.807) is 30.4 Å². The number of carbonyl (C=O) groups excluding carboxylic acids is 1. The maximum Gasteiger partial charge on any atom is 0.254 e. The van der Waals surface area contributed by atoms with E-state index in [4.69, 9.17) is 0 Å². The first-order chi connectivity index (χ1) is 11.0. The van der Waals surface area contributed by atoms with Crippen LogP contribution in [0.25, 0.3) is 0 Å². The molecule has 3 nitrogen and oxygen atoms in total. The van der Waals surface area contributed by atoms with Gasteiger partial charge in [0.05, 0.1) is 34.8 Å². The lowest BCUT2D eigenvalue weighted by molar-refractivity contribution is -0.917. The van der Waals surface area contributed by atoms with E-state index in [1.807, 2.05) is 4.90 Å². The third kappa shape index (κ3) is 4.00. The molecule has 2 heterocycles. The fourth-order valence-electron chi connectivity index (χ4n) is 2.80. The molecule has 0 spiro atoms. The van der Waals surface area contributed by atoms with Gasteiger partial charge in [0.15, 0.2) is 0 Å². The molecule has 0 unspecified atom stereocenters. The molecule has 0 saturated carbocycles. The van der Waals surface area contributed by atoms with E-state index < -0.39 is 0 Å². The lowest BCUT2D eigenvalue weighted by Crippen LogP contribution is -3.13. The van der Waals surface area contributed by atoms with E-state index in [-0.39, 0.29) is 11.7 Å². The minimum atomic E-state index is -0.316. The normalized spacial score (nSPS) is 15.9. The Hall–Kier alpha value is -1.24. The highest BCUT2D eigenvalue weighted by Crippen LogP contribution is 2.21. The molecule has 1 aromatic heterocycles. The predicted octanol–water partition coefficient (Wildman–Crippen LogP) is 2.50. The summed E-state index contributed by atoms with van der Waals surface area (Å²) in [6.45, 7) is 5.99. The zero-order valence-corrected chi connectivity index (χ0v) is 15.3. The maximum atomic E-state index is 13.6. The maximum absolute atomic E-state index is 13.6. The van der Waals surface area contributed by atoms with Crippen LogP contribution in [-0.4, -0.2) is 37.0 Å². The highest BCUT2D eigenvalue weighted by molar-refractivity contribution is 9.11. The second-order valence-electron chi connectivity index (χ2n) is 5.89. The van der Waals surface area contributed by atoms with Gasteiger partial charge in [0, 0.05) is 5.56 Å². The molecule has 1 aliphatic rings. The topological polar surface area (TPSA) is 24.8 Å². The third-order valence-corrected chi connectivity index (χ3v) is 5.85. The summed E-state index contributed by atoms with van der Waals surface area (Å²) in [6, 6.07) is 8.95. The molecule has 23 heavy (non-hydrogen) atoms. The van der Waals surface area contributed by atoms with E-state index in [2.05, 4.69) is 28.1 Å². The van der Waals surface area contributed by atoms with Crippen molar-refractivity contribution in [3.63, 3.8) is 0 Å². The molecular formula is C17H19BrFN2OS+. The minimum absolute atomic E-state index is 0.0678. The van der Waals surface area contributed by atoms with Gasteiger partial charge in [-0.1, -0.05) is 6.07 Å². The number of nitrogens with one attached hydrogen (secondary N) is 1. The Morgan fingerprint density at radius 3 is 2.65 bits per heavy atom. The Morgan fingerprint density at radius 1 is 1.30 bits per heavy atom. The van der Waals surface area contributed by atoms with Crippen LogP contribution < -0.4 is 4.90 Å². The quantitative estimate of drug-likeness (QED) is 0.845. The molecule has 1 saturated heterocycles. The zero-order valence-electron chi connectivity index (χ0n) is 12.9. The predicted molar refractivity (Wildman–Crippen MR) is 93.5 cm³/mol. The Bertz CT molecular complexity index is 710. The second-order valence-corrected chi connectivity index (χ2v) is 8.44. The summed E-state index contributed by atoms with van der Waals surface area (Å²) in [5, 5.41) is 0. The molecular weight excluding hydrogens is 379 g/mol. The molecule has 6 heteroatoms. The van der Waals surface area contributed by atoms with Crippen molar-refractivity contribution in [1.29, 1.82) is 0 Å². The van der Waals surface area contributed by atoms with Crippen LogP contribution >= 0.6 is 27.3 Å². The first-order valence-corrected chi connectivity index (χ1v) is 9.27. The Balaban J connectivity index is 1.57. The number of amides is 1. The number of benzene rings is 1. The number of hydrogen-bond acceptors (Lipinski definition) is 2. The average Bonchev–Trinajstić information content (AvgIpc) is 2.95. The van der Waals surface area contributed by atoms with E-state index in [0.717, 1.165) is 36.5 Å². The highest BCUT2D eigenvalue weighted by atomic mass is 79.9. The van der Waals surface area contributed by atoms with Crippen LogP contribution in [0.2, 0.25) is 0 Å². The van der Waals surface area contributed by atoms with E-state index in [0.29, 0.717) is 11.1 Å². The number of quaternary nitrogens is 1. The monoisotopic (exact) mass is 397 g/mol. The molecule has 1 aromatic carbocycles. The first kappa shape index (κ1) is 16.6.